The number of anilines is 2. The zero-order valence-corrected chi connectivity index (χ0v) is 10.3. The second-order valence-electron chi connectivity index (χ2n) is 3.99. The Labute approximate surface area is 115 Å². The van der Waals surface area contributed by atoms with Gasteiger partial charge in [0.05, 0.1) is 16.7 Å². The molecule has 0 atom stereocenters. The highest BCUT2D eigenvalue weighted by Gasteiger charge is 2.04. The first-order valence-corrected chi connectivity index (χ1v) is 5.68. The summed E-state index contributed by atoms with van der Waals surface area (Å²) in [6, 6.07) is 15.0. The van der Waals surface area contributed by atoms with Gasteiger partial charge in [0.15, 0.2) is 0 Å². The third-order valence-electron chi connectivity index (χ3n) is 2.68. The van der Waals surface area contributed by atoms with Gasteiger partial charge in [-0.05, 0) is 42.5 Å². The zero-order chi connectivity index (χ0) is 14.5. The highest BCUT2D eigenvalue weighted by molar-refractivity contribution is 5.88. The molecule has 0 fully saturated rings. The van der Waals surface area contributed by atoms with Crippen LogP contribution in [0.2, 0.25) is 0 Å². The van der Waals surface area contributed by atoms with Crippen molar-refractivity contribution >= 4 is 17.3 Å². The van der Waals surface area contributed by atoms with Crippen LogP contribution in [0.5, 0.6) is 0 Å². The predicted molar refractivity (Wildman–Crippen MR) is 72.6 cm³/mol. The van der Waals surface area contributed by atoms with Crippen LogP contribution in [0.3, 0.4) is 0 Å². The molecule has 0 saturated heterocycles. The van der Waals surface area contributed by atoms with Gasteiger partial charge in [0.25, 0.3) is 0 Å². The maximum absolute atomic E-state index is 10.7. The van der Waals surface area contributed by atoms with E-state index in [0.717, 1.165) is 0 Å². The number of benzene rings is 2. The van der Waals surface area contributed by atoms with Crippen LogP contribution in [0.25, 0.3) is 0 Å². The molecule has 0 spiro atoms. The quantitative estimate of drug-likeness (QED) is 0.887. The van der Waals surface area contributed by atoms with Crippen LogP contribution >= 0.6 is 0 Å². The fourth-order valence-electron chi connectivity index (χ4n) is 1.67. The molecule has 0 heterocycles. The normalized spacial score (nSPS) is 9.30. The summed E-state index contributed by atoms with van der Waals surface area (Å²) in [7, 11) is 0. The Morgan fingerprint density at radius 3 is 2.10 bits per heavy atom. The smallest absolute Gasteiger partial charge is 0.335 e. The van der Waals surface area contributed by atoms with Crippen molar-refractivity contribution in [3.05, 3.63) is 59.2 Å². The summed E-state index contributed by atoms with van der Waals surface area (Å²) < 4.78 is 0. The molecule has 20 heavy (non-hydrogen) atoms. The minimum Gasteiger partial charge on any atom is -0.478 e. The number of nitrogens with one attached hydrogen (secondary N) is 1. The van der Waals surface area contributed by atoms with Crippen LogP contribution in [0.15, 0.2) is 42.5 Å². The molecule has 0 radical (unpaired) electrons. The monoisotopic (exact) mass is 263 g/mol. The zero-order valence-electron chi connectivity index (χ0n) is 10.3. The molecule has 0 amide bonds. The number of hydrogen-bond donors (Lipinski definition) is 2. The van der Waals surface area contributed by atoms with Gasteiger partial charge in [-0.15, -0.1) is 0 Å². The average molecular weight is 263 g/mol. The Balaban J connectivity index is 2.24. The molecular weight excluding hydrogens is 254 g/mol. The third-order valence-corrected chi connectivity index (χ3v) is 2.68. The van der Waals surface area contributed by atoms with E-state index in [1.807, 2.05) is 12.1 Å². The van der Waals surface area contributed by atoms with Gasteiger partial charge >= 0.3 is 5.97 Å². The number of nitriles is 2. The lowest BCUT2D eigenvalue weighted by atomic mass is 10.1. The summed E-state index contributed by atoms with van der Waals surface area (Å²) in [6.07, 6.45) is 0. The van der Waals surface area contributed by atoms with E-state index in [0.29, 0.717) is 22.5 Å². The van der Waals surface area contributed by atoms with Gasteiger partial charge < -0.3 is 10.4 Å². The molecule has 0 aliphatic rings. The van der Waals surface area contributed by atoms with Gasteiger partial charge in [-0.1, -0.05) is 0 Å². The van der Waals surface area contributed by atoms with E-state index in [9.17, 15) is 4.79 Å². The van der Waals surface area contributed by atoms with Gasteiger partial charge in [-0.3, -0.25) is 0 Å². The summed E-state index contributed by atoms with van der Waals surface area (Å²) in [5.41, 5.74) is 2.17. The lowest BCUT2D eigenvalue weighted by Gasteiger charge is -2.07. The largest absolute Gasteiger partial charge is 0.478 e. The van der Waals surface area contributed by atoms with Crippen LogP contribution in [0, 0.1) is 22.7 Å². The van der Waals surface area contributed by atoms with Crippen LogP contribution < -0.4 is 5.32 Å². The Bertz CT molecular complexity index is 737. The summed E-state index contributed by atoms with van der Waals surface area (Å²) in [4.78, 5) is 10.7. The lowest BCUT2D eigenvalue weighted by molar-refractivity contribution is 0.0697. The molecule has 2 N–H and O–H groups in total. The first-order chi connectivity index (χ1) is 9.63. The van der Waals surface area contributed by atoms with Crippen molar-refractivity contribution in [2.45, 2.75) is 0 Å². The molecule has 0 aliphatic heterocycles. The van der Waals surface area contributed by atoms with E-state index in [-0.39, 0.29) is 5.56 Å². The highest BCUT2D eigenvalue weighted by Crippen LogP contribution is 2.20. The number of aromatic carboxylic acids is 1. The van der Waals surface area contributed by atoms with Gasteiger partial charge in [-0.25, -0.2) is 4.79 Å². The van der Waals surface area contributed by atoms with Gasteiger partial charge in [0.2, 0.25) is 0 Å². The SMILES string of the molecule is N#Cc1ccc(Nc2ccc(C(=O)O)cc2)cc1C#N. The number of rotatable bonds is 3. The van der Waals surface area contributed by atoms with Crippen molar-refractivity contribution in [3.8, 4) is 12.1 Å². The van der Waals surface area contributed by atoms with Gasteiger partial charge in [0.1, 0.15) is 12.1 Å². The topological polar surface area (TPSA) is 96.9 Å². The molecular formula is C15H9N3O2. The Hall–Kier alpha value is -3.31. The molecule has 5 nitrogen and oxygen atoms in total. The summed E-state index contributed by atoms with van der Waals surface area (Å²) in [5, 5.41) is 29.6. The minimum atomic E-state index is -0.985. The number of carboxylic acids is 1. The summed E-state index contributed by atoms with van der Waals surface area (Å²) >= 11 is 0. The summed E-state index contributed by atoms with van der Waals surface area (Å²) in [6.45, 7) is 0. The minimum absolute atomic E-state index is 0.202. The molecule has 2 aromatic rings. The first-order valence-electron chi connectivity index (χ1n) is 5.68. The second kappa shape index (κ2) is 5.55. The Morgan fingerprint density at radius 2 is 1.55 bits per heavy atom. The maximum Gasteiger partial charge on any atom is 0.335 e. The summed E-state index contributed by atoms with van der Waals surface area (Å²) in [5.74, 6) is -0.985. The van der Waals surface area contributed by atoms with E-state index >= 15 is 0 Å². The van der Waals surface area contributed by atoms with E-state index in [2.05, 4.69) is 5.32 Å². The van der Waals surface area contributed by atoms with Gasteiger partial charge in [0, 0.05) is 11.4 Å². The maximum atomic E-state index is 10.7. The van der Waals surface area contributed by atoms with Crippen molar-refractivity contribution in [2.24, 2.45) is 0 Å². The number of nitrogens with zero attached hydrogens (tertiary/aromatic N) is 2. The molecule has 2 rings (SSSR count). The molecule has 0 aliphatic carbocycles. The molecule has 0 bridgehead atoms. The number of hydrogen-bond acceptors (Lipinski definition) is 4. The number of carboxylic acid groups (broad SMARTS) is 1. The highest BCUT2D eigenvalue weighted by atomic mass is 16.4. The van der Waals surface area contributed by atoms with Crippen molar-refractivity contribution in [2.75, 3.05) is 5.32 Å². The van der Waals surface area contributed by atoms with Crippen LogP contribution in [0.4, 0.5) is 11.4 Å². The van der Waals surface area contributed by atoms with E-state index in [1.54, 1.807) is 30.3 Å². The predicted octanol–water partition coefficient (Wildman–Crippen LogP) is 2.87. The second-order valence-corrected chi connectivity index (χ2v) is 3.99. The van der Waals surface area contributed by atoms with E-state index in [1.165, 1.54) is 12.1 Å². The van der Waals surface area contributed by atoms with E-state index < -0.39 is 5.97 Å². The van der Waals surface area contributed by atoms with Crippen LogP contribution in [-0.4, -0.2) is 11.1 Å². The van der Waals surface area contributed by atoms with Crippen LogP contribution in [0.1, 0.15) is 21.5 Å². The first kappa shape index (κ1) is 13.1. The van der Waals surface area contributed by atoms with Crippen LogP contribution in [-0.2, 0) is 0 Å². The van der Waals surface area contributed by atoms with Crippen molar-refractivity contribution in [1.29, 1.82) is 10.5 Å². The molecule has 5 heteroatoms. The third kappa shape index (κ3) is 2.74. The Morgan fingerprint density at radius 1 is 0.950 bits per heavy atom. The van der Waals surface area contributed by atoms with E-state index in [4.69, 9.17) is 15.6 Å². The standard InChI is InChI=1S/C15H9N3O2/c16-8-11-3-6-14(7-12(11)9-17)18-13-4-1-10(2-5-13)15(19)20/h1-7,18H,(H,19,20). The fourth-order valence-corrected chi connectivity index (χ4v) is 1.67. The molecule has 2 aromatic carbocycles. The van der Waals surface area contributed by atoms with Crippen molar-refractivity contribution in [3.63, 3.8) is 0 Å². The van der Waals surface area contributed by atoms with Crippen molar-refractivity contribution < 1.29 is 9.90 Å². The molecule has 96 valence electrons. The Kier molecular flexibility index (Phi) is 3.65. The van der Waals surface area contributed by atoms with Crippen molar-refractivity contribution in [1.82, 2.24) is 0 Å². The molecule has 0 saturated carbocycles. The van der Waals surface area contributed by atoms with Gasteiger partial charge in [-0.2, -0.15) is 10.5 Å². The fraction of sp³-hybridized carbons (Fsp3) is 0. The number of carbonyl (C=O) groups is 1. The molecule has 0 aromatic heterocycles. The molecule has 0 unspecified atom stereocenters. The average Bonchev–Trinajstić information content (AvgIpc) is 2.47. The lowest BCUT2D eigenvalue weighted by Crippen LogP contribution is -1.97.